The molecule has 1 aliphatic rings. The summed E-state index contributed by atoms with van der Waals surface area (Å²) >= 11 is 0. The number of rotatable bonds is 0. The maximum atomic E-state index is 11.7. The van der Waals surface area contributed by atoms with E-state index in [2.05, 4.69) is 27.7 Å². The third-order valence-electron chi connectivity index (χ3n) is 2.93. The molecule has 1 aliphatic carbocycles. The van der Waals surface area contributed by atoms with E-state index in [4.69, 9.17) is 0 Å². The summed E-state index contributed by atoms with van der Waals surface area (Å²) in [6.07, 6.45) is 3.14. The van der Waals surface area contributed by atoms with Gasteiger partial charge in [0, 0.05) is 12.3 Å². The van der Waals surface area contributed by atoms with Crippen molar-refractivity contribution < 1.29 is 4.79 Å². The standard InChI is InChI=1S/C11H20O/c1-8-5-6-9(10(12)7-8)11(2,3)4/h8-9H,5-7H2,1-4H3/t8-,9-/m0/s1. The van der Waals surface area contributed by atoms with Gasteiger partial charge in [0.1, 0.15) is 5.78 Å². The second-order valence-corrected chi connectivity index (χ2v) is 5.27. The molecule has 1 fully saturated rings. The van der Waals surface area contributed by atoms with Crippen LogP contribution in [0.1, 0.15) is 47.0 Å². The highest BCUT2D eigenvalue weighted by atomic mass is 16.1. The third kappa shape index (κ3) is 2.09. The topological polar surface area (TPSA) is 17.1 Å². The molecule has 1 saturated carbocycles. The van der Waals surface area contributed by atoms with Gasteiger partial charge in [-0.3, -0.25) is 4.79 Å². The molecule has 1 heteroatoms. The number of carbonyl (C=O) groups excluding carboxylic acids is 1. The minimum Gasteiger partial charge on any atom is -0.299 e. The first kappa shape index (κ1) is 9.76. The molecule has 0 amide bonds. The molecule has 0 aliphatic heterocycles. The fourth-order valence-electron chi connectivity index (χ4n) is 2.12. The van der Waals surface area contributed by atoms with Gasteiger partial charge in [-0.2, -0.15) is 0 Å². The molecule has 0 heterocycles. The van der Waals surface area contributed by atoms with E-state index in [0.29, 0.717) is 17.6 Å². The summed E-state index contributed by atoms with van der Waals surface area (Å²) in [6, 6.07) is 0. The lowest BCUT2D eigenvalue weighted by Gasteiger charge is -2.34. The smallest absolute Gasteiger partial charge is 0.136 e. The quantitative estimate of drug-likeness (QED) is 0.543. The van der Waals surface area contributed by atoms with Crippen LogP contribution in [0.5, 0.6) is 0 Å². The van der Waals surface area contributed by atoms with Gasteiger partial charge in [0.15, 0.2) is 0 Å². The Morgan fingerprint density at radius 2 is 1.83 bits per heavy atom. The Morgan fingerprint density at radius 1 is 1.25 bits per heavy atom. The van der Waals surface area contributed by atoms with Crippen LogP contribution in [0.25, 0.3) is 0 Å². The van der Waals surface area contributed by atoms with E-state index in [0.717, 1.165) is 12.8 Å². The third-order valence-corrected chi connectivity index (χ3v) is 2.93. The minimum absolute atomic E-state index is 0.178. The molecule has 12 heavy (non-hydrogen) atoms. The first-order chi connectivity index (χ1) is 5.41. The zero-order valence-electron chi connectivity index (χ0n) is 8.68. The fraction of sp³-hybridized carbons (Fsp3) is 0.909. The van der Waals surface area contributed by atoms with Crippen LogP contribution in [-0.2, 0) is 4.79 Å². The largest absolute Gasteiger partial charge is 0.299 e. The van der Waals surface area contributed by atoms with Gasteiger partial charge in [-0.25, -0.2) is 0 Å². The maximum absolute atomic E-state index is 11.7. The van der Waals surface area contributed by atoms with E-state index in [1.54, 1.807) is 0 Å². The number of carbonyl (C=O) groups is 1. The molecule has 1 nitrogen and oxygen atoms in total. The predicted octanol–water partition coefficient (Wildman–Crippen LogP) is 3.04. The second kappa shape index (κ2) is 3.20. The highest BCUT2D eigenvalue weighted by Crippen LogP contribution is 2.37. The van der Waals surface area contributed by atoms with Crippen molar-refractivity contribution in [3.63, 3.8) is 0 Å². The summed E-state index contributed by atoms with van der Waals surface area (Å²) in [5.74, 6) is 1.42. The Labute approximate surface area is 75.5 Å². The van der Waals surface area contributed by atoms with Crippen LogP contribution in [0, 0.1) is 17.3 Å². The molecule has 0 spiro atoms. The Morgan fingerprint density at radius 3 is 2.25 bits per heavy atom. The highest BCUT2D eigenvalue weighted by molar-refractivity contribution is 5.82. The summed E-state index contributed by atoms with van der Waals surface area (Å²) in [4.78, 5) is 11.7. The average Bonchev–Trinajstić information content (AvgIpc) is 1.83. The number of hydrogen-bond donors (Lipinski definition) is 0. The van der Waals surface area contributed by atoms with Crippen molar-refractivity contribution in [3.05, 3.63) is 0 Å². The predicted molar refractivity (Wildman–Crippen MR) is 51.0 cm³/mol. The van der Waals surface area contributed by atoms with Crippen LogP contribution >= 0.6 is 0 Å². The lowest BCUT2D eigenvalue weighted by Crippen LogP contribution is -2.33. The van der Waals surface area contributed by atoms with Crippen molar-refractivity contribution in [2.24, 2.45) is 17.3 Å². The molecule has 70 valence electrons. The van der Waals surface area contributed by atoms with Crippen molar-refractivity contribution in [2.75, 3.05) is 0 Å². The number of Topliss-reactive ketones (excluding diaryl/α,β-unsaturated/α-hetero) is 1. The summed E-state index contributed by atoms with van der Waals surface area (Å²) < 4.78 is 0. The van der Waals surface area contributed by atoms with Crippen LogP contribution in [-0.4, -0.2) is 5.78 Å². The first-order valence-electron chi connectivity index (χ1n) is 4.94. The van der Waals surface area contributed by atoms with Gasteiger partial charge in [0.2, 0.25) is 0 Å². The Kier molecular flexibility index (Phi) is 2.60. The Hall–Kier alpha value is -0.330. The second-order valence-electron chi connectivity index (χ2n) is 5.27. The van der Waals surface area contributed by atoms with Crippen LogP contribution in [0.4, 0.5) is 0 Å². The van der Waals surface area contributed by atoms with Crippen molar-refractivity contribution in [3.8, 4) is 0 Å². The molecule has 0 saturated heterocycles. The highest BCUT2D eigenvalue weighted by Gasteiger charge is 2.34. The summed E-state index contributed by atoms with van der Waals surface area (Å²) in [5, 5.41) is 0. The molecule has 0 aromatic carbocycles. The van der Waals surface area contributed by atoms with E-state index in [1.807, 2.05) is 0 Å². The van der Waals surface area contributed by atoms with Gasteiger partial charge in [0.25, 0.3) is 0 Å². The lowest BCUT2D eigenvalue weighted by atomic mass is 9.69. The molecule has 0 aromatic rings. The van der Waals surface area contributed by atoms with Crippen molar-refractivity contribution in [2.45, 2.75) is 47.0 Å². The van der Waals surface area contributed by atoms with Gasteiger partial charge >= 0.3 is 0 Å². The van der Waals surface area contributed by atoms with E-state index in [1.165, 1.54) is 6.42 Å². The van der Waals surface area contributed by atoms with Crippen molar-refractivity contribution >= 4 is 5.78 Å². The van der Waals surface area contributed by atoms with Gasteiger partial charge < -0.3 is 0 Å². The fourth-order valence-corrected chi connectivity index (χ4v) is 2.12. The molecule has 0 N–H and O–H groups in total. The minimum atomic E-state index is 0.178. The van der Waals surface area contributed by atoms with Gasteiger partial charge in [-0.15, -0.1) is 0 Å². The van der Waals surface area contributed by atoms with Crippen LogP contribution in [0.2, 0.25) is 0 Å². The molecule has 0 bridgehead atoms. The van der Waals surface area contributed by atoms with Crippen LogP contribution in [0.15, 0.2) is 0 Å². The zero-order chi connectivity index (χ0) is 9.35. The maximum Gasteiger partial charge on any atom is 0.136 e. The molecule has 0 aromatic heterocycles. The number of hydrogen-bond acceptors (Lipinski definition) is 1. The van der Waals surface area contributed by atoms with Gasteiger partial charge in [-0.05, 0) is 24.2 Å². The molecule has 0 radical (unpaired) electrons. The van der Waals surface area contributed by atoms with Gasteiger partial charge in [0.05, 0.1) is 0 Å². The van der Waals surface area contributed by atoms with Gasteiger partial charge in [-0.1, -0.05) is 27.7 Å². The lowest BCUT2D eigenvalue weighted by molar-refractivity contribution is -0.129. The van der Waals surface area contributed by atoms with Crippen molar-refractivity contribution in [1.29, 1.82) is 0 Å². The van der Waals surface area contributed by atoms with Crippen molar-refractivity contribution in [1.82, 2.24) is 0 Å². The monoisotopic (exact) mass is 168 g/mol. The molecule has 1 rings (SSSR count). The first-order valence-corrected chi connectivity index (χ1v) is 4.94. The molecule has 2 atom stereocenters. The summed E-state index contributed by atoms with van der Waals surface area (Å²) in [6.45, 7) is 8.69. The zero-order valence-corrected chi connectivity index (χ0v) is 8.68. The van der Waals surface area contributed by atoms with E-state index in [9.17, 15) is 4.79 Å². The molecular weight excluding hydrogens is 148 g/mol. The Bertz CT molecular complexity index is 176. The number of ketones is 1. The molecular formula is C11H20O. The Balaban J connectivity index is 2.63. The van der Waals surface area contributed by atoms with E-state index >= 15 is 0 Å². The summed E-state index contributed by atoms with van der Waals surface area (Å²) in [7, 11) is 0. The SMILES string of the molecule is C[C@H]1CC[C@H](C(C)(C)C)C(=O)C1. The van der Waals surface area contributed by atoms with E-state index in [-0.39, 0.29) is 5.41 Å². The van der Waals surface area contributed by atoms with Crippen LogP contribution in [0.3, 0.4) is 0 Å². The normalized spacial score (nSPS) is 32.2. The average molecular weight is 168 g/mol. The van der Waals surface area contributed by atoms with E-state index < -0.39 is 0 Å². The summed E-state index contributed by atoms with van der Waals surface area (Å²) in [5.41, 5.74) is 0.178. The van der Waals surface area contributed by atoms with Crippen LogP contribution < -0.4 is 0 Å². The molecule has 0 unspecified atom stereocenters.